The maximum absolute atomic E-state index is 12.1. The molecule has 0 saturated heterocycles. The molecule has 7 nitrogen and oxygen atoms in total. The van der Waals surface area contributed by atoms with Crippen molar-refractivity contribution in [2.45, 2.75) is 28.6 Å². The molecule has 1 atom stereocenters. The molecule has 2 heterocycles. The van der Waals surface area contributed by atoms with E-state index in [-0.39, 0.29) is 18.7 Å². The SMILES string of the molecule is CCOC(=O)C1=C(CSc2nnc(SC)s2)NC(=O)NC1C. The quantitative estimate of drug-likeness (QED) is 0.591. The van der Waals surface area contributed by atoms with Crippen LogP contribution in [0.15, 0.2) is 19.9 Å². The largest absolute Gasteiger partial charge is 0.463 e. The third-order valence-electron chi connectivity index (χ3n) is 2.77. The number of ether oxygens (including phenoxy) is 1. The van der Waals surface area contributed by atoms with Gasteiger partial charge in [0.1, 0.15) is 0 Å². The van der Waals surface area contributed by atoms with Crippen molar-refractivity contribution in [1.29, 1.82) is 0 Å². The van der Waals surface area contributed by atoms with Crippen LogP contribution in [0.3, 0.4) is 0 Å². The van der Waals surface area contributed by atoms with Gasteiger partial charge in [0.15, 0.2) is 8.68 Å². The van der Waals surface area contributed by atoms with E-state index in [0.717, 1.165) is 8.68 Å². The molecule has 0 radical (unpaired) electrons. The lowest BCUT2D eigenvalue weighted by Gasteiger charge is -2.26. The van der Waals surface area contributed by atoms with Gasteiger partial charge < -0.3 is 15.4 Å². The lowest BCUT2D eigenvalue weighted by molar-refractivity contribution is -0.138. The van der Waals surface area contributed by atoms with E-state index in [4.69, 9.17) is 4.74 Å². The summed E-state index contributed by atoms with van der Waals surface area (Å²) in [5.41, 5.74) is 1.00. The molecular weight excluding hydrogens is 344 g/mol. The second-order valence-electron chi connectivity index (χ2n) is 4.26. The maximum atomic E-state index is 12.1. The van der Waals surface area contributed by atoms with Gasteiger partial charge in [-0.2, -0.15) is 0 Å². The van der Waals surface area contributed by atoms with E-state index >= 15 is 0 Å². The van der Waals surface area contributed by atoms with Crippen molar-refractivity contribution in [2.75, 3.05) is 18.6 Å². The maximum Gasteiger partial charge on any atom is 0.337 e. The van der Waals surface area contributed by atoms with E-state index in [9.17, 15) is 9.59 Å². The molecule has 0 saturated carbocycles. The number of hydrogen-bond donors (Lipinski definition) is 2. The Morgan fingerprint density at radius 3 is 2.77 bits per heavy atom. The van der Waals surface area contributed by atoms with E-state index in [0.29, 0.717) is 17.0 Å². The van der Waals surface area contributed by atoms with Gasteiger partial charge in [0.25, 0.3) is 0 Å². The van der Waals surface area contributed by atoms with Gasteiger partial charge in [-0.25, -0.2) is 9.59 Å². The highest BCUT2D eigenvalue weighted by Gasteiger charge is 2.29. The molecule has 10 heteroatoms. The summed E-state index contributed by atoms with van der Waals surface area (Å²) in [6, 6.07) is -0.710. The monoisotopic (exact) mass is 360 g/mol. The predicted octanol–water partition coefficient (Wildman–Crippen LogP) is 1.87. The fourth-order valence-electron chi connectivity index (χ4n) is 1.87. The molecule has 2 amide bonds. The Morgan fingerprint density at radius 1 is 1.41 bits per heavy atom. The van der Waals surface area contributed by atoms with Crippen LogP contribution >= 0.6 is 34.9 Å². The molecular formula is C12H16N4O3S3. The van der Waals surface area contributed by atoms with Crippen molar-refractivity contribution < 1.29 is 14.3 Å². The highest BCUT2D eigenvalue weighted by molar-refractivity contribution is 8.03. The normalized spacial score (nSPS) is 18.0. The third-order valence-corrected chi connectivity index (χ3v) is 5.83. The number of carbonyl (C=O) groups is 2. The average molecular weight is 360 g/mol. The van der Waals surface area contributed by atoms with E-state index in [1.54, 1.807) is 13.8 Å². The molecule has 0 bridgehead atoms. The zero-order valence-electron chi connectivity index (χ0n) is 12.3. The molecule has 0 fully saturated rings. The predicted molar refractivity (Wildman–Crippen MR) is 87.2 cm³/mol. The first-order valence-electron chi connectivity index (χ1n) is 6.53. The van der Waals surface area contributed by atoms with Crippen LogP contribution in [0.5, 0.6) is 0 Å². The molecule has 0 aliphatic carbocycles. The Morgan fingerprint density at radius 2 is 2.14 bits per heavy atom. The molecule has 22 heavy (non-hydrogen) atoms. The molecule has 1 aromatic rings. The van der Waals surface area contributed by atoms with E-state index in [2.05, 4.69) is 20.8 Å². The molecule has 120 valence electrons. The van der Waals surface area contributed by atoms with Crippen molar-refractivity contribution in [1.82, 2.24) is 20.8 Å². The Bertz CT molecular complexity index is 602. The Labute approximate surface area is 140 Å². The van der Waals surface area contributed by atoms with E-state index < -0.39 is 5.97 Å². The second-order valence-corrected chi connectivity index (χ2v) is 7.51. The number of nitrogens with one attached hydrogen (secondary N) is 2. The minimum absolute atomic E-state index is 0.289. The van der Waals surface area contributed by atoms with Crippen LogP contribution in [-0.2, 0) is 9.53 Å². The number of carbonyl (C=O) groups excluding carboxylic acids is 2. The second kappa shape index (κ2) is 7.84. The number of thioether (sulfide) groups is 2. The van der Waals surface area contributed by atoms with Crippen molar-refractivity contribution in [3.05, 3.63) is 11.3 Å². The highest BCUT2D eigenvalue weighted by atomic mass is 32.2. The molecule has 1 aliphatic rings. The van der Waals surface area contributed by atoms with Crippen LogP contribution in [0, 0.1) is 0 Å². The smallest absolute Gasteiger partial charge is 0.337 e. The summed E-state index contributed by atoms with van der Waals surface area (Å²) in [5.74, 6) is 0.00901. The first kappa shape index (κ1) is 17.1. The standard InChI is InChI=1S/C12H16N4O3S3/c1-4-19-9(17)8-6(2)13-10(18)14-7(8)5-21-12-16-15-11(20-3)22-12/h6H,4-5H2,1-3H3,(H2,13,14,18). The van der Waals surface area contributed by atoms with Gasteiger partial charge in [0, 0.05) is 11.4 Å². The van der Waals surface area contributed by atoms with Crippen LogP contribution in [-0.4, -0.2) is 46.9 Å². The fourth-order valence-corrected chi connectivity index (χ4v) is 4.27. The Hall–Kier alpha value is -1.26. The molecule has 1 aromatic heterocycles. The zero-order chi connectivity index (χ0) is 16.1. The van der Waals surface area contributed by atoms with Crippen LogP contribution in [0.1, 0.15) is 13.8 Å². The van der Waals surface area contributed by atoms with Crippen LogP contribution in [0.4, 0.5) is 4.79 Å². The Balaban J connectivity index is 2.16. The number of urea groups is 1. The number of esters is 1. The number of nitrogens with zero attached hydrogens (tertiary/aromatic N) is 2. The number of amides is 2. The average Bonchev–Trinajstić information content (AvgIpc) is 2.92. The van der Waals surface area contributed by atoms with Gasteiger partial charge >= 0.3 is 12.0 Å². The van der Waals surface area contributed by atoms with Crippen molar-refractivity contribution in [3.63, 3.8) is 0 Å². The molecule has 0 aromatic carbocycles. The van der Waals surface area contributed by atoms with Crippen LogP contribution < -0.4 is 10.6 Å². The summed E-state index contributed by atoms with van der Waals surface area (Å²) >= 11 is 4.44. The summed E-state index contributed by atoms with van der Waals surface area (Å²) in [7, 11) is 0. The third kappa shape index (κ3) is 4.14. The molecule has 2 rings (SSSR count). The van der Waals surface area contributed by atoms with Crippen LogP contribution in [0.25, 0.3) is 0 Å². The molecule has 1 aliphatic heterocycles. The molecule has 0 spiro atoms. The minimum atomic E-state index is -0.417. The lowest BCUT2D eigenvalue weighted by Crippen LogP contribution is -2.49. The van der Waals surface area contributed by atoms with Gasteiger partial charge in [-0.1, -0.05) is 34.9 Å². The zero-order valence-corrected chi connectivity index (χ0v) is 14.8. The summed E-state index contributed by atoms with van der Waals surface area (Å²) in [6.45, 7) is 3.79. The summed E-state index contributed by atoms with van der Waals surface area (Å²) in [5, 5.41) is 13.4. The van der Waals surface area contributed by atoms with E-state index in [1.165, 1.54) is 34.9 Å². The van der Waals surface area contributed by atoms with Crippen molar-refractivity contribution >= 4 is 46.9 Å². The minimum Gasteiger partial charge on any atom is -0.463 e. The first-order valence-corrected chi connectivity index (χ1v) is 9.55. The van der Waals surface area contributed by atoms with Gasteiger partial charge in [-0.05, 0) is 20.1 Å². The Kier molecular flexibility index (Phi) is 6.09. The van der Waals surface area contributed by atoms with Crippen LogP contribution in [0.2, 0.25) is 0 Å². The molecule has 1 unspecified atom stereocenters. The highest BCUT2D eigenvalue weighted by Crippen LogP contribution is 2.29. The molecule has 2 N–H and O–H groups in total. The van der Waals surface area contributed by atoms with Gasteiger partial charge in [0.2, 0.25) is 0 Å². The van der Waals surface area contributed by atoms with E-state index in [1.807, 2.05) is 6.26 Å². The number of hydrogen-bond acceptors (Lipinski definition) is 8. The summed E-state index contributed by atoms with van der Waals surface area (Å²) in [4.78, 5) is 23.7. The van der Waals surface area contributed by atoms with Gasteiger partial charge in [-0.3, -0.25) is 0 Å². The summed E-state index contributed by atoms with van der Waals surface area (Å²) < 4.78 is 6.74. The number of rotatable bonds is 6. The first-order chi connectivity index (χ1) is 10.5. The van der Waals surface area contributed by atoms with Crippen molar-refractivity contribution in [2.24, 2.45) is 0 Å². The van der Waals surface area contributed by atoms with Crippen molar-refractivity contribution in [3.8, 4) is 0 Å². The topological polar surface area (TPSA) is 93.2 Å². The number of aromatic nitrogens is 2. The fraction of sp³-hybridized carbons (Fsp3) is 0.500. The summed E-state index contributed by atoms with van der Waals surface area (Å²) in [6.07, 6.45) is 1.94. The van der Waals surface area contributed by atoms with Gasteiger partial charge in [0.05, 0.1) is 18.2 Å². The van der Waals surface area contributed by atoms with Gasteiger partial charge in [-0.15, -0.1) is 10.2 Å². The lowest BCUT2D eigenvalue weighted by atomic mass is 10.1.